The molecule has 0 amide bonds. The van der Waals surface area contributed by atoms with Crippen molar-refractivity contribution in [1.29, 1.82) is 0 Å². The molecule has 78 valence electrons. The van der Waals surface area contributed by atoms with Crippen LogP contribution in [0.3, 0.4) is 0 Å². The molecule has 2 rings (SSSR count). The maximum Gasteiger partial charge on any atom is 0.189 e. The number of hydrogen-bond donors (Lipinski definition) is 2. The molecule has 0 spiro atoms. The zero-order chi connectivity index (χ0) is 10.8. The molecule has 0 aliphatic heterocycles. The van der Waals surface area contributed by atoms with Crippen LogP contribution in [-0.2, 0) is 0 Å². The maximum atomic E-state index is 5.98. The van der Waals surface area contributed by atoms with Gasteiger partial charge in [0.05, 0.1) is 16.9 Å². The quantitative estimate of drug-likeness (QED) is 0.863. The van der Waals surface area contributed by atoms with Crippen LogP contribution >= 0.6 is 34.5 Å². The van der Waals surface area contributed by atoms with Gasteiger partial charge in [-0.2, -0.15) is 0 Å². The zero-order valence-electron chi connectivity index (χ0n) is 7.50. The normalized spacial score (nSPS) is 10.3. The molecule has 0 saturated carbocycles. The Labute approximate surface area is 101 Å². The minimum Gasteiger partial charge on any atom is -0.389 e. The Hall–Kier alpha value is -0.970. The summed E-state index contributed by atoms with van der Waals surface area (Å²) < 4.78 is 0. The number of anilines is 3. The van der Waals surface area contributed by atoms with E-state index in [4.69, 9.17) is 28.9 Å². The zero-order valence-corrected chi connectivity index (χ0v) is 9.83. The van der Waals surface area contributed by atoms with E-state index >= 15 is 0 Å². The number of nitrogens with two attached hydrogens (primary N) is 1. The molecular formula is C9H7Cl2N3S. The van der Waals surface area contributed by atoms with Crippen molar-refractivity contribution >= 4 is 50.4 Å². The van der Waals surface area contributed by atoms with Gasteiger partial charge in [0.1, 0.15) is 5.00 Å². The average molecular weight is 260 g/mol. The van der Waals surface area contributed by atoms with Crippen molar-refractivity contribution in [3.05, 3.63) is 34.4 Å². The fourth-order valence-electron chi connectivity index (χ4n) is 1.05. The van der Waals surface area contributed by atoms with Crippen LogP contribution in [0.2, 0.25) is 10.0 Å². The second kappa shape index (κ2) is 4.26. The first kappa shape index (κ1) is 10.5. The van der Waals surface area contributed by atoms with E-state index in [1.807, 2.05) is 0 Å². The molecule has 1 heterocycles. The van der Waals surface area contributed by atoms with E-state index in [2.05, 4.69) is 10.3 Å². The predicted molar refractivity (Wildman–Crippen MR) is 66.3 cm³/mol. The highest BCUT2D eigenvalue weighted by Crippen LogP contribution is 2.30. The number of halogens is 2. The summed E-state index contributed by atoms with van der Waals surface area (Å²) in [5.41, 5.74) is 6.32. The molecule has 0 aliphatic carbocycles. The number of hydrogen-bond acceptors (Lipinski definition) is 4. The van der Waals surface area contributed by atoms with Crippen LogP contribution in [0.25, 0.3) is 0 Å². The van der Waals surface area contributed by atoms with Gasteiger partial charge in [-0.05, 0) is 18.2 Å². The van der Waals surface area contributed by atoms with Gasteiger partial charge in [-0.1, -0.05) is 34.5 Å². The van der Waals surface area contributed by atoms with E-state index in [1.54, 1.807) is 24.4 Å². The summed E-state index contributed by atoms with van der Waals surface area (Å²) in [4.78, 5) is 4.07. The van der Waals surface area contributed by atoms with E-state index in [-0.39, 0.29) is 0 Å². The van der Waals surface area contributed by atoms with Crippen molar-refractivity contribution in [3.8, 4) is 0 Å². The van der Waals surface area contributed by atoms with Gasteiger partial charge >= 0.3 is 0 Å². The lowest BCUT2D eigenvalue weighted by atomic mass is 10.3. The van der Waals surface area contributed by atoms with Gasteiger partial charge in [-0.15, -0.1) is 0 Å². The molecule has 0 saturated heterocycles. The third-order valence-corrected chi connectivity index (χ3v) is 2.99. The van der Waals surface area contributed by atoms with Gasteiger partial charge in [0.15, 0.2) is 5.13 Å². The van der Waals surface area contributed by atoms with Crippen LogP contribution in [0.5, 0.6) is 0 Å². The molecule has 3 nitrogen and oxygen atoms in total. The Bertz CT molecular complexity index is 484. The molecule has 15 heavy (non-hydrogen) atoms. The summed E-state index contributed by atoms with van der Waals surface area (Å²) in [6.45, 7) is 0. The van der Waals surface area contributed by atoms with Crippen LogP contribution in [0, 0.1) is 0 Å². The Morgan fingerprint density at radius 3 is 2.73 bits per heavy atom. The van der Waals surface area contributed by atoms with Crippen molar-refractivity contribution < 1.29 is 0 Å². The summed E-state index contributed by atoms with van der Waals surface area (Å²) in [6, 6.07) is 5.22. The summed E-state index contributed by atoms with van der Waals surface area (Å²) in [7, 11) is 0. The fourth-order valence-corrected chi connectivity index (χ4v) is 2.10. The lowest BCUT2D eigenvalue weighted by Gasteiger charge is -2.04. The average Bonchev–Trinajstić information content (AvgIpc) is 2.56. The molecule has 3 N–H and O–H groups in total. The van der Waals surface area contributed by atoms with Gasteiger partial charge in [0, 0.05) is 5.02 Å². The highest BCUT2D eigenvalue weighted by atomic mass is 35.5. The molecule has 0 unspecified atom stereocenters. The first-order valence-electron chi connectivity index (χ1n) is 4.08. The highest BCUT2D eigenvalue weighted by Gasteiger charge is 2.04. The minimum atomic E-state index is 0.552. The topological polar surface area (TPSA) is 50.9 Å². The standard InChI is InChI=1S/C9H7Cl2N3S/c10-5-1-2-7(6(11)3-5)14-9-13-4-8(12)15-9/h1-4H,12H2,(H,13,14). The Kier molecular flexibility index (Phi) is 3.00. The number of thiazole rings is 1. The lowest BCUT2D eigenvalue weighted by Crippen LogP contribution is -1.89. The van der Waals surface area contributed by atoms with Crippen LogP contribution in [0.1, 0.15) is 0 Å². The number of benzene rings is 1. The van der Waals surface area contributed by atoms with Gasteiger partial charge in [0.25, 0.3) is 0 Å². The molecule has 2 aromatic rings. The number of rotatable bonds is 2. The molecule has 6 heteroatoms. The van der Waals surface area contributed by atoms with Gasteiger partial charge in [0.2, 0.25) is 0 Å². The lowest BCUT2D eigenvalue weighted by molar-refractivity contribution is 1.39. The second-order valence-electron chi connectivity index (χ2n) is 2.82. The Morgan fingerprint density at radius 1 is 1.33 bits per heavy atom. The minimum absolute atomic E-state index is 0.552. The van der Waals surface area contributed by atoms with Crippen LogP contribution in [-0.4, -0.2) is 4.98 Å². The third-order valence-electron chi connectivity index (χ3n) is 1.70. The van der Waals surface area contributed by atoms with Gasteiger partial charge in [-0.25, -0.2) is 4.98 Å². The molecule has 1 aromatic heterocycles. The van der Waals surface area contributed by atoms with Crippen molar-refractivity contribution in [1.82, 2.24) is 4.98 Å². The van der Waals surface area contributed by atoms with E-state index in [9.17, 15) is 0 Å². The number of nitrogens with one attached hydrogen (secondary N) is 1. The maximum absolute atomic E-state index is 5.98. The van der Waals surface area contributed by atoms with Gasteiger partial charge in [-0.3, -0.25) is 0 Å². The molecular weight excluding hydrogens is 253 g/mol. The van der Waals surface area contributed by atoms with E-state index in [0.717, 1.165) is 5.69 Å². The van der Waals surface area contributed by atoms with Crippen LogP contribution in [0.4, 0.5) is 15.8 Å². The smallest absolute Gasteiger partial charge is 0.189 e. The van der Waals surface area contributed by atoms with Crippen molar-refractivity contribution in [2.24, 2.45) is 0 Å². The van der Waals surface area contributed by atoms with Crippen molar-refractivity contribution in [2.75, 3.05) is 11.1 Å². The van der Waals surface area contributed by atoms with Crippen molar-refractivity contribution in [2.45, 2.75) is 0 Å². The fraction of sp³-hybridized carbons (Fsp3) is 0. The molecule has 0 aliphatic rings. The summed E-state index contributed by atoms with van der Waals surface area (Å²) >= 11 is 13.1. The predicted octanol–water partition coefficient (Wildman–Crippen LogP) is 3.78. The number of nitrogen functional groups attached to an aromatic ring is 1. The van der Waals surface area contributed by atoms with E-state index in [1.165, 1.54) is 11.3 Å². The number of nitrogens with zero attached hydrogens (tertiary/aromatic N) is 1. The monoisotopic (exact) mass is 259 g/mol. The Morgan fingerprint density at radius 2 is 2.13 bits per heavy atom. The molecule has 1 aromatic carbocycles. The van der Waals surface area contributed by atoms with Crippen LogP contribution in [0.15, 0.2) is 24.4 Å². The summed E-state index contributed by atoms with van der Waals surface area (Å²) in [6.07, 6.45) is 1.59. The molecule has 0 fully saturated rings. The third kappa shape index (κ3) is 2.53. The Balaban J connectivity index is 2.24. The largest absolute Gasteiger partial charge is 0.389 e. The summed E-state index contributed by atoms with van der Waals surface area (Å²) in [5, 5.41) is 5.57. The number of aromatic nitrogens is 1. The summed E-state index contributed by atoms with van der Waals surface area (Å²) in [5.74, 6) is 0. The van der Waals surface area contributed by atoms with E-state index in [0.29, 0.717) is 20.2 Å². The van der Waals surface area contributed by atoms with Gasteiger partial charge < -0.3 is 11.1 Å². The van der Waals surface area contributed by atoms with Crippen molar-refractivity contribution in [3.63, 3.8) is 0 Å². The van der Waals surface area contributed by atoms with Crippen LogP contribution < -0.4 is 11.1 Å². The molecule has 0 atom stereocenters. The molecule has 0 bridgehead atoms. The first-order chi connectivity index (χ1) is 7.15. The first-order valence-corrected chi connectivity index (χ1v) is 5.66. The van der Waals surface area contributed by atoms with E-state index < -0.39 is 0 Å². The highest BCUT2D eigenvalue weighted by molar-refractivity contribution is 7.19. The SMILES string of the molecule is Nc1cnc(Nc2ccc(Cl)cc2Cl)s1. The molecule has 0 radical (unpaired) electrons. The second-order valence-corrected chi connectivity index (χ2v) is 4.72.